The number of halogens is 3. The topological polar surface area (TPSA) is 79.3 Å². The number of ketones is 1. The van der Waals surface area contributed by atoms with Crippen LogP contribution in [-0.2, 0) is 9.59 Å². The van der Waals surface area contributed by atoms with Gasteiger partial charge in [-0.1, -0.05) is 41.4 Å². The van der Waals surface area contributed by atoms with Crippen LogP contribution in [0.4, 0.5) is 4.39 Å². The van der Waals surface area contributed by atoms with Crippen molar-refractivity contribution in [1.29, 1.82) is 0 Å². The summed E-state index contributed by atoms with van der Waals surface area (Å²) in [4.78, 5) is 29.3. The number of ether oxygens (including phenoxy) is 2. The van der Waals surface area contributed by atoms with Gasteiger partial charge in [0.05, 0.1) is 36.4 Å². The normalized spacial score (nSPS) is 17.5. The average Bonchev–Trinajstić information content (AvgIpc) is 3.03. The lowest BCUT2D eigenvalue weighted by Gasteiger charge is -2.26. The van der Waals surface area contributed by atoms with Gasteiger partial charge in [-0.2, -0.15) is 0 Å². The number of hydrogen-bond donors (Lipinski definition) is 1. The molecule has 0 aromatic heterocycles. The number of methoxy groups -OCH3 is 2. The number of rotatable bonds is 8. The number of aliphatic hydroxyl groups is 1. The fourth-order valence-corrected chi connectivity index (χ4v) is 4.67. The third-order valence-electron chi connectivity index (χ3n) is 5.54. The van der Waals surface area contributed by atoms with E-state index in [-0.39, 0.29) is 44.8 Å². The van der Waals surface area contributed by atoms with E-state index in [9.17, 15) is 19.1 Å². The number of carbonyl (C=O) groups is 2. The molecule has 1 aliphatic heterocycles. The molecule has 0 bridgehead atoms. The standard InChI is InChI=1S/C24H25Cl2FN2O5/c1-28(2)10-7-11-29-19(13-8-5-6-9-16(13)27)17(21(31)24(29)32)20(30)14-12-15(25)23(34-4)18(26)22(14)33-3/h5-6,8-9,12,19,30H,7,10-11H2,1-4H3/b20-17+. The molecule has 0 radical (unpaired) electrons. The van der Waals surface area contributed by atoms with Crippen LogP contribution in [-0.4, -0.2) is 68.0 Å². The van der Waals surface area contributed by atoms with E-state index in [1.54, 1.807) is 6.07 Å². The van der Waals surface area contributed by atoms with Crippen molar-refractivity contribution in [2.45, 2.75) is 12.5 Å². The summed E-state index contributed by atoms with van der Waals surface area (Å²) >= 11 is 12.6. The number of Topliss-reactive ketones (excluding diaryl/α,β-unsaturated/α-hetero) is 1. The molecule has 1 N–H and O–H groups in total. The molecule has 1 unspecified atom stereocenters. The Hall–Kier alpha value is -2.81. The highest BCUT2D eigenvalue weighted by Crippen LogP contribution is 2.47. The van der Waals surface area contributed by atoms with Crippen LogP contribution in [0.25, 0.3) is 5.76 Å². The molecule has 182 valence electrons. The van der Waals surface area contributed by atoms with Gasteiger partial charge < -0.3 is 24.4 Å². The van der Waals surface area contributed by atoms with Crippen LogP contribution in [0.1, 0.15) is 23.6 Å². The van der Waals surface area contributed by atoms with E-state index in [1.165, 1.54) is 43.4 Å². The number of benzene rings is 2. The fourth-order valence-electron chi connectivity index (χ4n) is 3.98. The zero-order chi connectivity index (χ0) is 25.2. The first kappa shape index (κ1) is 25.8. The molecule has 1 atom stereocenters. The van der Waals surface area contributed by atoms with E-state index in [0.717, 1.165) is 0 Å². The second-order valence-corrected chi connectivity index (χ2v) is 8.74. The van der Waals surface area contributed by atoms with E-state index in [4.69, 9.17) is 32.7 Å². The van der Waals surface area contributed by atoms with Crippen molar-refractivity contribution in [3.8, 4) is 11.5 Å². The summed E-state index contributed by atoms with van der Waals surface area (Å²) in [5.74, 6) is -2.86. The van der Waals surface area contributed by atoms with Gasteiger partial charge in [-0.05, 0) is 39.2 Å². The Balaban J connectivity index is 2.24. The van der Waals surface area contributed by atoms with Crippen LogP contribution in [0, 0.1) is 5.82 Å². The molecule has 1 amide bonds. The molecule has 34 heavy (non-hydrogen) atoms. The maximum absolute atomic E-state index is 14.9. The first-order valence-corrected chi connectivity index (χ1v) is 11.2. The van der Waals surface area contributed by atoms with Crippen LogP contribution in [0.2, 0.25) is 10.0 Å². The van der Waals surface area contributed by atoms with Crippen molar-refractivity contribution < 1.29 is 28.6 Å². The van der Waals surface area contributed by atoms with E-state index < -0.39 is 29.3 Å². The molecule has 1 saturated heterocycles. The molecule has 1 heterocycles. The maximum Gasteiger partial charge on any atom is 0.295 e. The molecule has 0 spiro atoms. The predicted molar refractivity (Wildman–Crippen MR) is 128 cm³/mol. The molecule has 1 fully saturated rings. The minimum Gasteiger partial charge on any atom is -0.507 e. The summed E-state index contributed by atoms with van der Waals surface area (Å²) in [7, 11) is 6.45. The predicted octanol–water partition coefficient (Wildman–Crippen LogP) is 4.52. The summed E-state index contributed by atoms with van der Waals surface area (Å²) in [5, 5.41) is 11.3. The number of carbonyl (C=O) groups excluding carboxylic acids is 2. The SMILES string of the molecule is COc1c(Cl)cc(/C(O)=C2\C(=O)C(=O)N(CCCN(C)C)C2c2ccccc2F)c(OC)c1Cl. The molecule has 7 nitrogen and oxygen atoms in total. The molecule has 2 aromatic rings. The number of likely N-dealkylation sites (tertiary alicyclic amines) is 1. The molecular formula is C24H25Cl2FN2O5. The van der Waals surface area contributed by atoms with Gasteiger partial charge in [-0.15, -0.1) is 0 Å². The quantitative estimate of drug-likeness (QED) is 0.319. The third kappa shape index (κ3) is 4.71. The number of aliphatic hydroxyl groups excluding tert-OH is 1. The highest BCUT2D eigenvalue weighted by molar-refractivity contribution is 6.47. The average molecular weight is 511 g/mol. The molecular weight excluding hydrogens is 486 g/mol. The number of hydrogen-bond acceptors (Lipinski definition) is 6. The fraction of sp³-hybridized carbons (Fsp3) is 0.333. The Labute approximate surface area is 207 Å². The van der Waals surface area contributed by atoms with Gasteiger partial charge in [0.15, 0.2) is 11.5 Å². The van der Waals surface area contributed by atoms with Gasteiger partial charge in [-0.25, -0.2) is 4.39 Å². The first-order chi connectivity index (χ1) is 16.1. The van der Waals surface area contributed by atoms with E-state index in [0.29, 0.717) is 13.0 Å². The summed E-state index contributed by atoms with van der Waals surface area (Å²) in [6.45, 7) is 0.824. The van der Waals surface area contributed by atoms with Crippen LogP contribution >= 0.6 is 23.2 Å². The van der Waals surface area contributed by atoms with Crippen molar-refractivity contribution in [1.82, 2.24) is 9.80 Å². The lowest BCUT2D eigenvalue weighted by molar-refractivity contribution is -0.140. The molecule has 2 aromatic carbocycles. The zero-order valence-electron chi connectivity index (χ0n) is 19.2. The van der Waals surface area contributed by atoms with Gasteiger partial charge in [0.1, 0.15) is 16.6 Å². The van der Waals surface area contributed by atoms with Gasteiger partial charge in [0.25, 0.3) is 11.7 Å². The summed E-state index contributed by atoms with van der Waals surface area (Å²) < 4.78 is 25.4. The van der Waals surface area contributed by atoms with Gasteiger partial charge in [0, 0.05) is 12.1 Å². The van der Waals surface area contributed by atoms with Crippen molar-refractivity contribution in [2.75, 3.05) is 41.4 Å². The second kappa shape index (κ2) is 10.6. The Morgan fingerprint density at radius 3 is 2.38 bits per heavy atom. The number of amides is 1. The third-order valence-corrected chi connectivity index (χ3v) is 6.16. The van der Waals surface area contributed by atoms with Crippen LogP contribution in [0.15, 0.2) is 35.9 Å². The molecule has 3 rings (SSSR count). The Bertz CT molecular complexity index is 1150. The van der Waals surface area contributed by atoms with Crippen molar-refractivity contribution >= 4 is 40.7 Å². The summed E-state index contributed by atoms with van der Waals surface area (Å²) in [6, 6.07) is 5.98. The Morgan fingerprint density at radius 1 is 1.15 bits per heavy atom. The first-order valence-electron chi connectivity index (χ1n) is 10.4. The lowest BCUT2D eigenvalue weighted by Crippen LogP contribution is -2.32. The molecule has 10 heteroatoms. The van der Waals surface area contributed by atoms with Crippen molar-refractivity contribution in [2.24, 2.45) is 0 Å². The molecule has 0 aliphatic carbocycles. The number of nitrogens with zero attached hydrogens (tertiary/aromatic N) is 2. The maximum atomic E-state index is 14.9. The van der Waals surface area contributed by atoms with Gasteiger partial charge in [0.2, 0.25) is 0 Å². The Morgan fingerprint density at radius 2 is 1.79 bits per heavy atom. The highest BCUT2D eigenvalue weighted by atomic mass is 35.5. The smallest absolute Gasteiger partial charge is 0.295 e. The van der Waals surface area contributed by atoms with E-state index in [1.807, 2.05) is 19.0 Å². The van der Waals surface area contributed by atoms with Crippen LogP contribution in [0.5, 0.6) is 11.5 Å². The lowest BCUT2D eigenvalue weighted by atomic mass is 9.94. The minimum atomic E-state index is -1.15. The molecule has 1 aliphatic rings. The van der Waals surface area contributed by atoms with E-state index in [2.05, 4.69) is 0 Å². The van der Waals surface area contributed by atoms with Crippen LogP contribution in [0.3, 0.4) is 0 Å². The van der Waals surface area contributed by atoms with Gasteiger partial charge in [-0.3, -0.25) is 9.59 Å². The Kier molecular flexibility index (Phi) is 8.07. The highest BCUT2D eigenvalue weighted by Gasteiger charge is 2.47. The second-order valence-electron chi connectivity index (χ2n) is 7.96. The van der Waals surface area contributed by atoms with Crippen LogP contribution < -0.4 is 9.47 Å². The minimum absolute atomic E-state index is 0.00786. The zero-order valence-corrected chi connectivity index (χ0v) is 20.7. The van der Waals surface area contributed by atoms with E-state index >= 15 is 0 Å². The van der Waals surface area contributed by atoms with Crippen molar-refractivity contribution in [3.63, 3.8) is 0 Å². The van der Waals surface area contributed by atoms with Gasteiger partial charge >= 0.3 is 0 Å². The summed E-state index contributed by atoms with van der Waals surface area (Å²) in [5.41, 5.74) is -0.223. The monoisotopic (exact) mass is 510 g/mol. The van der Waals surface area contributed by atoms with Crippen molar-refractivity contribution in [3.05, 3.63) is 62.9 Å². The largest absolute Gasteiger partial charge is 0.507 e. The summed E-state index contributed by atoms with van der Waals surface area (Å²) in [6.07, 6.45) is 0.536. The molecule has 0 saturated carbocycles.